The van der Waals surface area contributed by atoms with Gasteiger partial charge in [-0.1, -0.05) is 13.8 Å². The lowest BCUT2D eigenvalue weighted by molar-refractivity contribution is 0.449. The van der Waals surface area contributed by atoms with E-state index in [9.17, 15) is 4.79 Å². The Bertz CT molecular complexity index is 93.6. The summed E-state index contributed by atoms with van der Waals surface area (Å²) in [7, 11) is 0. The van der Waals surface area contributed by atoms with Crippen LogP contribution in [0.5, 0.6) is 0 Å². The predicted octanol–water partition coefficient (Wildman–Crippen LogP) is 0.235. The van der Waals surface area contributed by atoms with E-state index in [-0.39, 0.29) is 6.17 Å². The van der Waals surface area contributed by atoms with Gasteiger partial charge in [0.25, 0.3) is 0 Å². The molecular weight excluding hydrogens is 128 g/mol. The third-order valence-corrected chi connectivity index (χ3v) is 1.11. The molecule has 0 saturated heterocycles. The van der Waals surface area contributed by atoms with Gasteiger partial charge in [0.15, 0.2) is 0 Å². The molecule has 0 aromatic rings. The van der Waals surface area contributed by atoms with E-state index in [4.69, 9.17) is 0 Å². The summed E-state index contributed by atoms with van der Waals surface area (Å²) in [5, 5.41) is 5.59. The molecule has 2 N–H and O–H groups in total. The average Bonchev–Trinajstić information content (AvgIpc) is 1.85. The lowest BCUT2D eigenvalue weighted by atomic mass is 10.2. The molecule has 3 heteroatoms. The Morgan fingerprint density at radius 1 is 1.40 bits per heavy atom. The van der Waals surface area contributed by atoms with Gasteiger partial charge in [0.1, 0.15) is 0 Å². The first kappa shape index (κ1) is 9.43. The van der Waals surface area contributed by atoms with Crippen LogP contribution in [0.1, 0.15) is 20.8 Å². The summed E-state index contributed by atoms with van der Waals surface area (Å²) in [6.45, 7) is 7.03. The molecular formula is C7H15N2O. The average molecular weight is 143 g/mol. The Hall–Kier alpha value is -0.570. The second-order valence-electron chi connectivity index (χ2n) is 2.77. The zero-order chi connectivity index (χ0) is 7.98. The largest absolute Gasteiger partial charge is 0.333 e. The van der Waals surface area contributed by atoms with Gasteiger partial charge in [-0.15, -0.1) is 0 Å². The summed E-state index contributed by atoms with van der Waals surface area (Å²) < 4.78 is 0. The van der Waals surface area contributed by atoms with Crippen LogP contribution in [0.2, 0.25) is 0 Å². The molecule has 10 heavy (non-hydrogen) atoms. The minimum absolute atomic E-state index is 0.0277. The highest BCUT2D eigenvalue weighted by Gasteiger charge is 1.98. The van der Waals surface area contributed by atoms with Crippen molar-refractivity contribution in [1.82, 2.24) is 10.6 Å². The zero-order valence-electron chi connectivity index (χ0n) is 6.77. The van der Waals surface area contributed by atoms with Gasteiger partial charge >= 0.3 is 6.41 Å². The van der Waals surface area contributed by atoms with E-state index in [1.165, 1.54) is 0 Å². The molecule has 0 aliphatic heterocycles. The van der Waals surface area contributed by atoms with Crippen LogP contribution in [0.15, 0.2) is 0 Å². The van der Waals surface area contributed by atoms with Crippen molar-refractivity contribution in [2.45, 2.75) is 26.9 Å². The van der Waals surface area contributed by atoms with Crippen LogP contribution in [0.3, 0.4) is 0 Å². The van der Waals surface area contributed by atoms with Gasteiger partial charge < -0.3 is 5.32 Å². The molecule has 0 aromatic heterocycles. The van der Waals surface area contributed by atoms with Crippen LogP contribution in [0.4, 0.5) is 0 Å². The smallest absolute Gasteiger partial charge is 0.310 e. The summed E-state index contributed by atoms with van der Waals surface area (Å²) in [6, 6.07) is 0. The molecule has 1 unspecified atom stereocenters. The second kappa shape index (κ2) is 5.23. The van der Waals surface area contributed by atoms with E-state index in [2.05, 4.69) is 24.5 Å². The Kier molecular flexibility index (Phi) is 4.94. The van der Waals surface area contributed by atoms with Crippen LogP contribution in [-0.4, -0.2) is 19.1 Å². The summed E-state index contributed by atoms with van der Waals surface area (Å²) in [5.41, 5.74) is 0. The van der Waals surface area contributed by atoms with E-state index < -0.39 is 0 Å². The molecule has 0 aliphatic rings. The fourth-order valence-corrected chi connectivity index (χ4v) is 0.552. The van der Waals surface area contributed by atoms with Crippen LogP contribution in [0.25, 0.3) is 0 Å². The van der Waals surface area contributed by atoms with Crippen molar-refractivity contribution in [2.24, 2.45) is 5.92 Å². The SMILES string of the molecule is CC(C)CNC(C)N[C]=O. The van der Waals surface area contributed by atoms with E-state index in [1.807, 2.05) is 6.92 Å². The molecule has 1 radical (unpaired) electrons. The fourth-order valence-electron chi connectivity index (χ4n) is 0.552. The molecule has 0 bridgehead atoms. The van der Waals surface area contributed by atoms with Crippen LogP contribution in [-0.2, 0) is 4.79 Å². The molecule has 59 valence electrons. The predicted molar refractivity (Wildman–Crippen MR) is 41.1 cm³/mol. The molecule has 1 atom stereocenters. The van der Waals surface area contributed by atoms with Gasteiger partial charge in [0, 0.05) is 0 Å². The van der Waals surface area contributed by atoms with Crippen molar-refractivity contribution in [3.05, 3.63) is 0 Å². The summed E-state index contributed by atoms with van der Waals surface area (Å²) >= 11 is 0. The second-order valence-corrected chi connectivity index (χ2v) is 2.77. The number of hydrogen-bond acceptors (Lipinski definition) is 2. The molecule has 0 fully saturated rings. The zero-order valence-corrected chi connectivity index (χ0v) is 6.77. The molecule has 0 aromatic carbocycles. The maximum atomic E-state index is 9.78. The highest BCUT2D eigenvalue weighted by molar-refractivity contribution is 5.47. The molecule has 0 aliphatic carbocycles. The fraction of sp³-hybridized carbons (Fsp3) is 0.857. The van der Waals surface area contributed by atoms with Gasteiger partial charge in [-0.25, -0.2) is 0 Å². The minimum atomic E-state index is 0.0277. The number of carbonyl (C=O) groups excluding carboxylic acids is 1. The monoisotopic (exact) mass is 143 g/mol. The van der Waals surface area contributed by atoms with Gasteiger partial charge in [-0.05, 0) is 19.4 Å². The molecule has 0 spiro atoms. The van der Waals surface area contributed by atoms with Crippen molar-refractivity contribution >= 4 is 6.41 Å². The third-order valence-electron chi connectivity index (χ3n) is 1.11. The summed E-state index contributed by atoms with van der Waals surface area (Å²) in [6.07, 6.45) is 1.66. The Morgan fingerprint density at radius 2 is 2.00 bits per heavy atom. The van der Waals surface area contributed by atoms with E-state index in [0.29, 0.717) is 5.92 Å². The Labute approximate surface area is 62.2 Å². The molecule has 3 nitrogen and oxygen atoms in total. The third kappa shape index (κ3) is 5.56. The maximum Gasteiger partial charge on any atom is 0.310 e. The van der Waals surface area contributed by atoms with Crippen LogP contribution < -0.4 is 10.6 Å². The topological polar surface area (TPSA) is 41.1 Å². The van der Waals surface area contributed by atoms with Gasteiger partial charge in [0.2, 0.25) is 0 Å². The lowest BCUT2D eigenvalue weighted by Crippen LogP contribution is -2.40. The number of hydrogen-bond donors (Lipinski definition) is 2. The number of rotatable bonds is 5. The van der Waals surface area contributed by atoms with Crippen molar-refractivity contribution in [2.75, 3.05) is 6.54 Å². The Balaban J connectivity index is 3.20. The molecule has 0 heterocycles. The van der Waals surface area contributed by atoms with Gasteiger partial charge in [-0.3, -0.25) is 10.1 Å². The normalized spacial score (nSPS) is 13.2. The van der Waals surface area contributed by atoms with Crippen molar-refractivity contribution in [3.8, 4) is 0 Å². The van der Waals surface area contributed by atoms with Crippen LogP contribution >= 0.6 is 0 Å². The first-order valence-electron chi connectivity index (χ1n) is 3.53. The summed E-state index contributed by atoms with van der Waals surface area (Å²) in [5.74, 6) is 0.607. The van der Waals surface area contributed by atoms with Crippen molar-refractivity contribution < 1.29 is 4.79 Å². The van der Waals surface area contributed by atoms with E-state index >= 15 is 0 Å². The Morgan fingerprint density at radius 3 is 2.40 bits per heavy atom. The van der Waals surface area contributed by atoms with Crippen LogP contribution in [0, 0.1) is 5.92 Å². The van der Waals surface area contributed by atoms with E-state index in [0.717, 1.165) is 6.54 Å². The standard InChI is InChI=1S/C7H15N2O/c1-6(2)4-8-7(3)9-5-10/h6-8H,4H2,1-3H3,(H,9,10). The molecule has 0 saturated carbocycles. The highest BCUT2D eigenvalue weighted by Crippen LogP contribution is 1.87. The first-order valence-corrected chi connectivity index (χ1v) is 3.53. The number of amides is 1. The van der Waals surface area contributed by atoms with Gasteiger partial charge in [0.05, 0.1) is 6.17 Å². The molecule has 0 rings (SSSR count). The highest BCUT2D eigenvalue weighted by atomic mass is 16.1. The van der Waals surface area contributed by atoms with Gasteiger partial charge in [-0.2, -0.15) is 0 Å². The van der Waals surface area contributed by atoms with Crippen molar-refractivity contribution in [1.29, 1.82) is 0 Å². The quantitative estimate of drug-likeness (QED) is 0.427. The van der Waals surface area contributed by atoms with Crippen molar-refractivity contribution in [3.63, 3.8) is 0 Å². The minimum Gasteiger partial charge on any atom is -0.333 e. The van der Waals surface area contributed by atoms with E-state index in [1.54, 1.807) is 6.41 Å². The lowest BCUT2D eigenvalue weighted by Gasteiger charge is -2.13. The first-order chi connectivity index (χ1) is 4.66. The molecule has 1 amide bonds. The summed E-state index contributed by atoms with van der Waals surface area (Å²) in [4.78, 5) is 9.78. The maximum absolute atomic E-state index is 9.78. The number of nitrogens with one attached hydrogen (secondary N) is 2.